The molecule has 0 fully saturated rings. The fraction of sp³-hybridized carbons (Fsp3) is 0.200. The molecule has 0 aromatic heterocycles. The fourth-order valence-electron chi connectivity index (χ4n) is 2.86. The summed E-state index contributed by atoms with van der Waals surface area (Å²) < 4.78 is 5.15. The van der Waals surface area contributed by atoms with Crippen LogP contribution in [-0.2, 0) is 10.5 Å². The topological polar surface area (TPSA) is 82.3 Å². The second-order valence-electron chi connectivity index (χ2n) is 5.87. The molecule has 1 aliphatic rings. The van der Waals surface area contributed by atoms with Crippen molar-refractivity contribution >= 4 is 17.7 Å². The number of amides is 1. The Kier molecular flexibility index (Phi) is 5.49. The Morgan fingerprint density at radius 1 is 1.31 bits per heavy atom. The van der Waals surface area contributed by atoms with Crippen molar-refractivity contribution in [1.29, 1.82) is 5.26 Å². The number of rotatable bonds is 5. The molecule has 6 heteroatoms. The lowest BCUT2D eigenvalue weighted by molar-refractivity contribution is -0.120. The largest absolute Gasteiger partial charge is 0.504 e. The molecule has 2 aromatic rings. The number of methoxy groups -OCH3 is 1. The van der Waals surface area contributed by atoms with Crippen LogP contribution in [0.15, 0.2) is 59.1 Å². The monoisotopic (exact) mass is 366 g/mol. The molecule has 0 unspecified atom stereocenters. The van der Waals surface area contributed by atoms with Gasteiger partial charge in [-0.3, -0.25) is 4.79 Å². The van der Waals surface area contributed by atoms with E-state index in [1.807, 2.05) is 30.3 Å². The van der Waals surface area contributed by atoms with E-state index in [4.69, 9.17) is 4.74 Å². The number of phenols is 1. The Balaban J connectivity index is 1.92. The average molecular weight is 366 g/mol. The Labute approximate surface area is 156 Å². The Morgan fingerprint density at radius 3 is 2.77 bits per heavy atom. The molecule has 0 saturated carbocycles. The van der Waals surface area contributed by atoms with Gasteiger partial charge in [0.05, 0.1) is 23.8 Å². The third-order valence-electron chi connectivity index (χ3n) is 4.19. The van der Waals surface area contributed by atoms with Crippen molar-refractivity contribution in [2.75, 3.05) is 7.11 Å². The van der Waals surface area contributed by atoms with Gasteiger partial charge >= 0.3 is 0 Å². The van der Waals surface area contributed by atoms with Gasteiger partial charge in [-0.05, 0) is 23.3 Å². The van der Waals surface area contributed by atoms with Gasteiger partial charge in [-0.25, -0.2) is 0 Å². The van der Waals surface area contributed by atoms with E-state index in [0.29, 0.717) is 22.1 Å². The zero-order valence-electron chi connectivity index (χ0n) is 14.2. The Bertz CT molecular complexity index is 888. The summed E-state index contributed by atoms with van der Waals surface area (Å²) in [4.78, 5) is 12.2. The summed E-state index contributed by atoms with van der Waals surface area (Å²) in [5.74, 6) is 0.521. The van der Waals surface area contributed by atoms with Gasteiger partial charge in [0.15, 0.2) is 11.5 Å². The van der Waals surface area contributed by atoms with Crippen molar-refractivity contribution in [2.45, 2.75) is 18.1 Å². The van der Waals surface area contributed by atoms with Crippen LogP contribution in [0.25, 0.3) is 0 Å². The van der Waals surface area contributed by atoms with Crippen LogP contribution in [0, 0.1) is 11.3 Å². The van der Waals surface area contributed by atoms with Crippen molar-refractivity contribution in [3.8, 4) is 17.6 Å². The van der Waals surface area contributed by atoms with Crippen LogP contribution in [-0.4, -0.2) is 18.1 Å². The maximum Gasteiger partial charge on any atom is 0.225 e. The molecular formula is C20H18N2O3S. The van der Waals surface area contributed by atoms with Gasteiger partial charge < -0.3 is 15.2 Å². The molecule has 1 atom stereocenters. The van der Waals surface area contributed by atoms with Gasteiger partial charge in [0, 0.05) is 18.1 Å². The van der Waals surface area contributed by atoms with Gasteiger partial charge in [-0.1, -0.05) is 36.4 Å². The summed E-state index contributed by atoms with van der Waals surface area (Å²) in [5, 5.41) is 22.9. The first-order valence-electron chi connectivity index (χ1n) is 8.10. The molecular weight excluding hydrogens is 348 g/mol. The molecule has 1 amide bonds. The normalized spacial score (nSPS) is 16.8. The first kappa shape index (κ1) is 17.9. The molecule has 5 nitrogen and oxygen atoms in total. The molecule has 26 heavy (non-hydrogen) atoms. The molecule has 1 aliphatic heterocycles. The minimum Gasteiger partial charge on any atom is -0.504 e. The maximum atomic E-state index is 12.2. The van der Waals surface area contributed by atoms with E-state index in [1.165, 1.54) is 24.9 Å². The molecule has 2 N–H and O–H groups in total. The highest BCUT2D eigenvalue weighted by Gasteiger charge is 2.30. The number of hydrogen-bond acceptors (Lipinski definition) is 5. The summed E-state index contributed by atoms with van der Waals surface area (Å²) in [6, 6.07) is 17.0. The van der Waals surface area contributed by atoms with Crippen LogP contribution in [0.4, 0.5) is 0 Å². The number of allylic oxidation sites excluding steroid dienone is 1. The Hall–Kier alpha value is -2.91. The summed E-state index contributed by atoms with van der Waals surface area (Å²) in [7, 11) is 1.47. The van der Waals surface area contributed by atoms with Crippen LogP contribution < -0.4 is 10.1 Å². The van der Waals surface area contributed by atoms with E-state index in [0.717, 1.165) is 11.1 Å². The van der Waals surface area contributed by atoms with Crippen molar-refractivity contribution < 1.29 is 14.6 Å². The number of phenolic OH excluding ortho intramolecular Hbond substituents is 1. The summed E-state index contributed by atoms with van der Waals surface area (Å²) >= 11 is 1.44. The van der Waals surface area contributed by atoms with E-state index >= 15 is 0 Å². The fourth-order valence-corrected chi connectivity index (χ4v) is 3.89. The highest BCUT2D eigenvalue weighted by molar-refractivity contribution is 8.02. The van der Waals surface area contributed by atoms with Crippen LogP contribution in [0.3, 0.4) is 0 Å². The van der Waals surface area contributed by atoms with Crippen molar-refractivity contribution in [2.24, 2.45) is 0 Å². The van der Waals surface area contributed by atoms with E-state index in [-0.39, 0.29) is 24.0 Å². The molecule has 0 radical (unpaired) electrons. The van der Waals surface area contributed by atoms with Crippen LogP contribution in [0.2, 0.25) is 0 Å². The third kappa shape index (κ3) is 3.84. The number of nitrogens with one attached hydrogen (secondary N) is 1. The molecule has 0 bridgehead atoms. The first-order chi connectivity index (χ1) is 12.6. The predicted molar refractivity (Wildman–Crippen MR) is 101 cm³/mol. The smallest absolute Gasteiger partial charge is 0.225 e. The molecule has 0 spiro atoms. The zero-order valence-corrected chi connectivity index (χ0v) is 15.0. The molecule has 132 valence electrons. The highest BCUT2D eigenvalue weighted by Crippen LogP contribution is 2.39. The van der Waals surface area contributed by atoms with Crippen LogP contribution >= 0.6 is 11.8 Å². The number of ether oxygens (including phenoxy) is 1. The second kappa shape index (κ2) is 7.98. The lowest BCUT2D eigenvalue weighted by Crippen LogP contribution is -2.30. The quantitative estimate of drug-likeness (QED) is 0.844. The SMILES string of the molecule is COc1cc([C@H]2CC(=O)NC(SCc3ccccc3)=C2C#N)ccc1O. The second-order valence-corrected chi connectivity index (χ2v) is 6.85. The van der Waals surface area contributed by atoms with E-state index in [9.17, 15) is 15.2 Å². The third-order valence-corrected chi connectivity index (χ3v) is 5.28. The zero-order chi connectivity index (χ0) is 18.5. The van der Waals surface area contributed by atoms with Crippen molar-refractivity contribution in [1.82, 2.24) is 5.32 Å². The summed E-state index contributed by atoms with van der Waals surface area (Å²) in [6.45, 7) is 0. The van der Waals surface area contributed by atoms with Crippen LogP contribution in [0.5, 0.6) is 11.5 Å². The molecule has 0 saturated heterocycles. The van der Waals surface area contributed by atoms with Gasteiger partial charge in [0.2, 0.25) is 5.91 Å². The standard InChI is InChI=1S/C20H18N2O3S/c1-25-18-9-14(7-8-17(18)23)15-10-19(24)22-20(16(15)11-21)26-12-13-5-3-2-4-6-13/h2-9,15,23H,10,12H2,1H3,(H,22,24)/t15-/m1/s1. The van der Waals surface area contributed by atoms with Crippen LogP contribution in [0.1, 0.15) is 23.5 Å². The minimum atomic E-state index is -0.360. The number of hydrogen-bond donors (Lipinski definition) is 2. The number of nitrogens with zero attached hydrogens (tertiary/aromatic N) is 1. The predicted octanol–water partition coefficient (Wildman–Crippen LogP) is 3.67. The minimum absolute atomic E-state index is 0.0256. The Morgan fingerprint density at radius 2 is 2.08 bits per heavy atom. The summed E-state index contributed by atoms with van der Waals surface area (Å²) in [5.41, 5.74) is 2.41. The lowest BCUT2D eigenvalue weighted by atomic mass is 9.87. The number of nitriles is 1. The number of carbonyl (C=O) groups is 1. The average Bonchev–Trinajstić information content (AvgIpc) is 2.67. The molecule has 0 aliphatic carbocycles. The molecule has 2 aromatic carbocycles. The van der Waals surface area contributed by atoms with E-state index in [1.54, 1.807) is 12.1 Å². The van der Waals surface area contributed by atoms with Crippen molar-refractivity contribution in [3.05, 3.63) is 70.3 Å². The number of aromatic hydroxyl groups is 1. The lowest BCUT2D eigenvalue weighted by Gasteiger charge is -2.25. The van der Waals surface area contributed by atoms with Crippen molar-refractivity contribution in [3.63, 3.8) is 0 Å². The molecule has 3 rings (SSSR count). The first-order valence-corrected chi connectivity index (χ1v) is 9.08. The van der Waals surface area contributed by atoms with Gasteiger partial charge in [0.1, 0.15) is 0 Å². The van der Waals surface area contributed by atoms with Gasteiger partial charge in [-0.2, -0.15) is 5.26 Å². The summed E-state index contributed by atoms with van der Waals surface area (Å²) in [6.07, 6.45) is 0.187. The van der Waals surface area contributed by atoms with Gasteiger partial charge in [-0.15, -0.1) is 11.8 Å². The van der Waals surface area contributed by atoms with E-state index < -0.39 is 0 Å². The van der Waals surface area contributed by atoms with Gasteiger partial charge in [0.25, 0.3) is 0 Å². The van der Waals surface area contributed by atoms with E-state index in [2.05, 4.69) is 11.4 Å². The number of thioether (sulfide) groups is 1. The number of benzene rings is 2. The maximum absolute atomic E-state index is 12.2. The number of carbonyl (C=O) groups excluding carboxylic acids is 1. The highest BCUT2D eigenvalue weighted by atomic mass is 32.2. The molecule has 1 heterocycles.